The van der Waals surface area contributed by atoms with Crippen LogP contribution in [0, 0.1) is 11.3 Å². The fourth-order valence-electron chi connectivity index (χ4n) is 2.84. The number of aromatic amines is 1. The molecule has 0 saturated heterocycles. The van der Waals surface area contributed by atoms with Crippen molar-refractivity contribution < 1.29 is 4.79 Å². The minimum absolute atomic E-state index is 0.0491. The van der Waals surface area contributed by atoms with Crippen molar-refractivity contribution in [3.05, 3.63) is 89.9 Å². The van der Waals surface area contributed by atoms with Crippen LogP contribution >= 0.6 is 0 Å². The second-order valence-corrected chi connectivity index (χ2v) is 5.77. The van der Waals surface area contributed by atoms with Gasteiger partial charge in [-0.1, -0.05) is 36.4 Å². The van der Waals surface area contributed by atoms with E-state index in [9.17, 15) is 10.1 Å². The number of carbonyl (C=O) groups is 1. The molecule has 0 aliphatic rings. The molecule has 0 radical (unpaired) electrons. The fraction of sp³-hybridized carbons (Fsp3) is 0. The van der Waals surface area contributed by atoms with Gasteiger partial charge in [-0.25, -0.2) is 4.68 Å². The van der Waals surface area contributed by atoms with Gasteiger partial charge in [0, 0.05) is 28.9 Å². The summed E-state index contributed by atoms with van der Waals surface area (Å²) in [5.74, 6) is -0.320. The van der Waals surface area contributed by atoms with E-state index in [4.69, 9.17) is 0 Å². The van der Waals surface area contributed by atoms with Crippen LogP contribution in [0.25, 0.3) is 22.7 Å². The Hall–Kier alpha value is -3.91. The molecule has 0 unspecified atom stereocenters. The first kappa shape index (κ1) is 15.6. The van der Waals surface area contributed by atoms with Crippen LogP contribution in [0.15, 0.2) is 78.6 Å². The predicted molar refractivity (Wildman–Crippen MR) is 99.8 cm³/mol. The molecule has 5 nitrogen and oxygen atoms in total. The van der Waals surface area contributed by atoms with E-state index in [0.29, 0.717) is 11.3 Å². The average Bonchev–Trinajstić information content (AvgIpc) is 3.33. The van der Waals surface area contributed by atoms with Gasteiger partial charge in [-0.15, -0.1) is 0 Å². The van der Waals surface area contributed by atoms with E-state index in [1.807, 2.05) is 60.7 Å². The number of allylic oxidation sites excluding steroid dienone is 1. The normalized spacial score (nSPS) is 11.4. The van der Waals surface area contributed by atoms with Crippen LogP contribution in [-0.4, -0.2) is 20.5 Å². The van der Waals surface area contributed by atoms with Gasteiger partial charge in [-0.2, -0.15) is 10.4 Å². The average molecular weight is 338 g/mol. The van der Waals surface area contributed by atoms with Crippen molar-refractivity contribution in [2.24, 2.45) is 0 Å². The molecule has 4 aromatic rings. The zero-order chi connectivity index (χ0) is 17.9. The summed E-state index contributed by atoms with van der Waals surface area (Å²) < 4.78 is 1.71. The number of carbonyl (C=O) groups excluding carboxylic acids is 1. The highest BCUT2D eigenvalue weighted by Crippen LogP contribution is 2.21. The number of nitrogens with zero attached hydrogens (tertiary/aromatic N) is 3. The summed E-state index contributed by atoms with van der Waals surface area (Å²) in [4.78, 5) is 15.8. The molecule has 1 N–H and O–H groups in total. The van der Waals surface area contributed by atoms with Gasteiger partial charge in [0.2, 0.25) is 5.78 Å². The van der Waals surface area contributed by atoms with Crippen LogP contribution < -0.4 is 0 Å². The molecule has 26 heavy (non-hydrogen) atoms. The zero-order valence-electron chi connectivity index (χ0n) is 13.8. The lowest BCUT2D eigenvalue weighted by atomic mass is 10.0. The van der Waals surface area contributed by atoms with Crippen molar-refractivity contribution in [1.82, 2.24) is 14.8 Å². The van der Waals surface area contributed by atoms with E-state index in [-0.39, 0.29) is 11.4 Å². The molecule has 0 spiro atoms. The monoisotopic (exact) mass is 338 g/mol. The number of Topliss-reactive ketones (excluding diaryl/α,β-unsaturated/α-hetero) is 1. The molecule has 2 aromatic heterocycles. The Morgan fingerprint density at radius 1 is 1.08 bits per heavy atom. The Labute approximate surface area is 149 Å². The third-order valence-corrected chi connectivity index (χ3v) is 4.12. The SMILES string of the molecule is N#CC(=Cc1ccn(-c2ccccc2)n1)C(=O)c1c[nH]c2ccccc12. The first-order valence-corrected chi connectivity index (χ1v) is 8.10. The summed E-state index contributed by atoms with van der Waals surface area (Å²) in [6.45, 7) is 0. The number of para-hydroxylation sites is 2. The van der Waals surface area contributed by atoms with Crippen molar-refractivity contribution in [1.29, 1.82) is 5.26 Å². The molecule has 4 rings (SSSR count). The van der Waals surface area contributed by atoms with E-state index in [2.05, 4.69) is 10.1 Å². The van der Waals surface area contributed by atoms with Gasteiger partial charge in [0.15, 0.2) is 0 Å². The first-order valence-electron chi connectivity index (χ1n) is 8.10. The maximum absolute atomic E-state index is 12.8. The van der Waals surface area contributed by atoms with Gasteiger partial charge in [0.1, 0.15) is 11.6 Å². The van der Waals surface area contributed by atoms with E-state index < -0.39 is 0 Å². The molecule has 2 aromatic carbocycles. The number of aromatic nitrogens is 3. The molecule has 0 aliphatic heterocycles. The lowest BCUT2D eigenvalue weighted by molar-refractivity contribution is 0.104. The van der Waals surface area contributed by atoms with E-state index >= 15 is 0 Å². The number of fused-ring (bicyclic) bond motifs is 1. The Bertz CT molecular complexity index is 1160. The Kier molecular flexibility index (Phi) is 3.92. The molecule has 2 heterocycles. The smallest absolute Gasteiger partial charge is 0.205 e. The Balaban J connectivity index is 1.68. The van der Waals surface area contributed by atoms with Gasteiger partial charge in [-0.05, 0) is 30.3 Å². The number of rotatable bonds is 4. The number of hydrogen-bond acceptors (Lipinski definition) is 3. The predicted octanol–water partition coefficient (Wildman–Crippen LogP) is 4.14. The number of ketones is 1. The van der Waals surface area contributed by atoms with Crippen LogP contribution in [0.2, 0.25) is 0 Å². The number of benzene rings is 2. The van der Waals surface area contributed by atoms with E-state index in [1.165, 1.54) is 6.08 Å². The second kappa shape index (κ2) is 6.54. The van der Waals surface area contributed by atoms with Gasteiger partial charge < -0.3 is 4.98 Å². The van der Waals surface area contributed by atoms with Crippen molar-refractivity contribution >= 4 is 22.8 Å². The molecular weight excluding hydrogens is 324 g/mol. The van der Waals surface area contributed by atoms with Gasteiger partial charge in [0.05, 0.1) is 11.4 Å². The van der Waals surface area contributed by atoms with E-state index in [1.54, 1.807) is 23.1 Å². The number of H-pyrrole nitrogens is 1. The highest BCUT2D eigenvalue weighted by molar-refractivity contribution is 6.19. The fourth-order valence-corrected chi connectivity index (χ4v) is 2.84. The summed E-state index contributed by atoms with van der Waals surface area (Å²) >= 11 is 0. The van der Waals surface area contributed by atoms with Crippen molar-refractivity contribution in [2.45, 2.75) is 0 Å². The highest BCUT2D eigenvalue weighted by Gasteiger charge is 2.17. The summed E-state index contributed by atoms with van der Waals surface area (Å²) in [6, 6.07) is 20.9. The Morgan fingerprint density at radius 2 is 1.85 bits per heavy atom. The zero-order valence-corrected chi connectivity index (χ0v) is 13.8. The summed E-state index contributed by atoms with van der Waals surface area (Å²) in [5, 5.41) is 14.7. The molecule has 0 amide bonds. The second-order valence-electron chi connectivity index (χ2n) is 5.77. The number of nitriles is 1. The lowest BCUT2D eigenvalue weighted by Gasteiger charge is -1.99. The molecule has 0 aliphatic carbocycles. The van der Waals surface area contributed by atoms with Crippen LogP contribution in [0.3, 0.4) is 0 Å². The Morgan fingerprint density at radius 3 is 2.65 bits per heavy atom. The molecule has 0 fully saturated rings. The van der Waals surface area contributed by atoms with Gasteiger partial charge >= 0.3 is 0 Å². The maximum atomic E-state index is 12.8. The van der Waals surface area contributed by atoms with Gasteiger partial charge in [-0.3, -0.25) is 4.79 Å². The largest absolute Gasteiger partial charge is 0.360 e. The topological polar surface area (TPSA) is 74.5 Å². The molecule has 5 heteroatoms. The van der Waals surface area contributed by atoms with Crippen molar-refractivity contribution in [3.8, 4) is 11.8 Å². The summed E-state index contributed by atoms with van der Waals surface area (Å²) in [6.07, 6.45) is 4.95. The van der Waals surface area contributed by atoms with Crippen molar-refractivity contribution in [3.63, 3.8) is 0 Å². The molecule has 0 atom stereocenters. The summed E-state index contributed by atoms with van der Waals surface area (Å²) in [5.41, 5.74) is 2.86. The van der Waals surface area contributed by atoms with Gasteiger partial charge in [0.25, 0.3) is 0 Å². The molecule has 124 valence electrons. The van der Waals surface area contributed by atoms with Crippen LogP contribution in [-0.2, 0) is 0 Å². The van der Waals surface area contributed by atoms with Crippen LogP contribution in [0.1, 0.15) is 16.1 Å². The van der Waals surface area contributed by atoms with Crippen LogP contribution in [0.5, 0.6) is 0 Å². The highest BCUT2D eigenvalue weighted by atomic mass is 16.1. The molecular formula is C21H14N4O. The molecule has 0 saturated carbocycles. The quantitative estimate of drug-likeness (QED) is 0.345. The number of nitrogens with one attached hydrogen (secondary N) is 1. The lowest BCUT2D eigenvalue weighted by Crippen LogP contribution is -2.01. The first-order chi connectivity index (χ1) is 12.8. The minimum Gasteiger partial charge on any atom is -0.360 e. The van der Waals surface area contributed by atoms with Crippen LogP contribution in [0.4, 0.5) is 0 Å². The maximum Gasteiger partial charge on any atom is 0.205 e. The minimum atomic E-state index is -0.320. The summed E-state index contributed by atoms with van der Waals surface area (Å²) in [7, 11) is 0. The standard InChI is InChI=1S/C21H14N4O/c22-13-15(21(26)19-14-23-20-9-5-4-8-18(19)20)12-16-10-11-25(24-16)17-6-2-1-3-7-17/h1-12,14,23H. The van der Waals surface area contributed by atoms with E-state index in [0.717, 1.165) is 16.6 Å². The molecule has 0 bridgehead atoms. The van der Waals surface area contributed by atoms with Crippen molar-refractivity contribution in [2.75, 3.05) is 0 Å². The third-order valence-electron chi connectivity index (χ3n) is 4.12. The third kappa shape index (κ3) is 2.80. The number of hydrogen-bond donors (Lipinski definition) is 1.